The minimum Gasteiger partial charge on any atom is -0.399 e. The molecule has 0 saturated carbocycles. The Hall–Kier alpha value is -1.78. The first-order valence-electron chi connectivity index (χ1n) is 5.29. The molecule has 98 valence electrons. The van der Waals surface area contributed by atoms with Crippen LogP contribution < -0.4 is 11.1 Å². The van der Waals surface area contributed by atoms with Crippen LogP contribution in [-0.2, 0) is 0 Å². The van der Waals surface area contributed by atoms with Gasteiger partial charge < -0.3 is 11.1 Å². The van der Waals surface area contributed by atoms with Gasteiger partial charge in [-0.15, -0.1) is 0 Å². The maximum absolute atomic E-state index is 13.2. The summed E-state index contributed by atoms with van der Waals surface area (Å²) in [6, 6.07) is 8.42. The Balaban J connectivity index is 2.28. The third kappa shape index (κ3) is 3.16. The normalized spacial score (nSPS) is 10.3. The number of amides is 1. The van der Waals surface area contributed by atoms with Crippen molar-refractivity contribution in [2.24, 2.45) is 0 Å². The summed E-state index contributed by atoms with van der Waals surface area (Å²) >= 11 is 11.8. The maximum Gasteiger partial charge on any atom is 0.255 e. The summed E-state index contributed by atoms with van der Waals surface area (Å²) in [5, 5.41) is 3.09. The van der Waals surface area contributed by atoms with Gasteiger partial charge in [0.15, 0.2) is 0 Å². The van der Waals surface area contributed by atoms with Crippen molar-refractivity contribution in [2.75, 3.05) is 11.1 Å². The summed E-state index contributed by atoms with van der Waals surface area (Å²) in [4.78, 5) is 11.9. The first kappa shape index (κ1) is 13.6. The maximum atomic E-state index is 13.2. The molecular weight excluding hydrogens is 290 g/mol. The van der Waals surface area contributed by atoms with Crippen LogP contribution in [0.3, 0.4) is 0 Å². The second-order valence-corrected chi connectivity index (χ2v) is 4.61. The fraction of sp³-hybridized carbons (Fsp3) is 0. The number of benzene rings is 2. The Kier molecular flexibility index (Phi) is 3.93. The lowest BCUT2D eigenvalue weighted by atomic mass is 10.1. The van der Waals surface area contributed by atoms with Crippen LogP contribution in [0.1, 0.15) is 10.4 Å². The van der Waals surface area contributed by atoms with Crippen LogP contribution in [0.25, 0.3) is 0 Å². The molecule has 0 unspecified atom stereocenters. The average Bonchev–Trinajstić information content (AvgIpc) is 2.33. The Morgan fingerprint density at radius 3 is 2.63 bits per heavy atom. The second kappa shape index (κ2) is 5.47. The predicted octanol–water partition coefficient (Wildman–Crippen LogP) is 3.97. The molecular formula is C13H9Cl2FN2O. The van der Waals surface area contributed by atoms with Crippen molar-refractivity contribution in [1.82, 2.24) is 0 Å². The quantitative estimate of drug-likeness (QED) is 0.824. The fourth-order valence-electron chi connectivity index (χ4n) is 1.54. The Morgan fingerprint density at radius 2 is 1.95 bits per heavy atom. The van der Waals surface area contributed by atoms with Crippen LogP contribution in [0, 0.1) is 5.82 Å². The molecule has 19 heavy (non-hydrogen) atoms. The molecule has 0 fully saturated rings. The zero-order chi connectivity index (χ0) is 14.0. The summed E-state index contributed by atoms with van der Waals surface area (Å²) in [7, 11) is 0. The van der Waals surface area contributed by atoms with Gasteiger partial charge in [0.05, 0.1) is 15.7 Å². The van der Waals surface area contributed by atoms with Crippen molar-refractivity contribution in [1.29, 1.82) is 0 Å². The smallest absolute Gasteiger partial charge is 0.255 e. The highest BCUT2D eigenvalue weighted by atomic mass is 35.5. The first-order chi connectivity index (χ1) is 8.97. The number of anilines is 2. The number of rotatable bonds is 2. The SMILES string of the molecule is Nc1cc(F)cc(C(=O)Nc2cccc(Cl)c2Cl)c1. The monoisotopic (exact) mass is 298 g/mol. The van der Waals surface area contributed by atoms with Crippen molar-refractivity contribution in [3.8, 4) is 0 Å². The molecule has 0 aliphatic rings. The van der Waals surface area contributed by atoms with E-state index in [1.54, 1.807) is 18.2 Å². The van der Waals surface area contributed by atoms with E-state index < -0.39 is 11.7 Å². The van der Waals surface area contributed by atoms with E-state index in [0.717, 1.165) is 12.1 Å². The van der Waals surface area contributed by atoms with E-state index in [9.17, 15) is 9.18 Å². The van der Waals surface area contributed by atoms with Gasteiger partial charge in [0, 0.05) is 11.3 Å². The van der Waals surface area contributed by atoms with Gasteiger partial charge in [-0.1, -0.05) is 29.3 Å². The van der Waals surface area contributed by atoms with Gasteiger partial charge in [-0.05, 0) is 30.3 Å². The van der Waals surface area contributed by atoms with Gasteiger partial charge in [-0.25, -0.2) is 4.39 Å². The van der Waals surface area contributed by atoms with Crippen LogP contribution in [0.2, 0.25) is 10.0 Å². The molecule has 2 rings (SSSR count). The van der Waals surface area contributed by atoms with Gasteiger partial charge in [-0.3, -0.25) is 4.79 Å². The zero-order valence-electron chi connectivity index (χ0n) is 9.58. The number of hydrogen-bond donors (Lipinski definition) is 2. The number of nitrogens with two attached hydrogens (primary N) is 1. The van der Waals surface area contributed by atoms with Crippen molar-refractivity contribution < 1.29 is 9.18 Å². The third-order valence-electron chi connectivity index (χ3n) is 2.38. The largest absolute Gasteiger partial charge is 0.399 e. The zero-order valence-corrected chi connectivity index (χ0v) is 11.1. The van der Waals surface area contributed by atoms with E-state index in [1.165, 1.54) is 6.07 Å². The van der Waals surface area contributed by atoms with Gasteiger partial charge in [0.2, 0.25) is 0 Å². The number of hydrogen-bond acceptors (Lipinski definition) is 2. The highest BCUT2D eigenvalue weighted by Gasteiger charge is 2.11. The first-order valence-corrected chi connectivity index (χ1v) is 6.04. The van der Waals surface area contributed by atoms with E-state index in [1.807, 2.05) is 0 Å². The molecule has 3 N–H and O–H groups in total. The van der Waals surface area contributed by atoms with Gasteiger partial charge in [0.1, 0.15) is 5.82 Å². The summed E-state index contributed by atoms with van der Waals surface area (Å²) in [5.41, 5.74) is 6.10. The van der Waals surface area contributed by atoms with E-state index in [0.29, 0.717) is 10.7 Å². The van der Waals surface area contributed by atoms with Crippen LogP contribution in [-0.4, -0.2) is 5.91 Å². The molecule has 0 heterocycles. The Labute approximate surface area is 119 Å². The molecule has 0 aromatic heterocycles. The van der Waals surface area contributed by atoms with Crippen LogP contribution >= 0.6 is 23.2 Å². The van der Waals surface area contributed by atoms with Crippen LogP contribution in [0.4, 0.5) is 15.8 Å². The third-order valence-corrected chi connectivity index (χ3v) is 3.20. The van der Waals surface area contributed by atoms with Crippen molar-refractivity contribution in [2.45, 2.75) is 0 Å². The lowest BCUT2D eigenvalue weighted by Gasteiger charge is -2.08. The fourth-order valence-corrected chi connectivity index (χ4v) is 1.89. The minimum absolute atomic E-state index is 0.105. The lowest BCUT2D eigenvalue weighted by molar-refractivity contribution is 0.102. The molecule has 0 atom stereocenters. The lowest BCUT2D eigenvalue weighted by Crippen LogP contribution is -2.13. The molecule has 0 saturated heterocycles. The van der Waals surface area contributed by atoms with Gasteiger partial charge in [-0.2, -0.15) is 0 Å². The molecule has 0 bridgehead atoms. The number of carbonyl (C=O) groups excluding carboxylic acids is 1. The number of nitrogens with one attached hydrogen (secondary N) is 1. The van der Waals surface area contributed by atoms with Crippen molar-refractivity contribution >= 4 is 40.5 Å². The standard InChI is InChI=1S/C13H9Cl2FN2O/c14-10-2-1-3-11(12(10)15)18-13(19)7-4-8(16)6-9(17)5-7/h1-6H,17H2,(H,18,19). The second-order valence-electron chi connectivity index (χ2n) is 3.83. The Bertz CT molecular complexity index is 626. The van der Waals surface area contributed by atoms with E-state index in [4.69, 9.17) is 28.9 Å². The summed E-state index contributed by atoms with van der Waals surface area (Å²) in [5.74, 6) is -1.10. The van der Waals surface area contributed by atoms with E-state index in [2.05, 4.69) is 5.32 Å². The molecule has 2 aromatic rings. The molecule has 3 nitrogen and oxygen atoms in total. The van der Waals surface area contributed by atoms with E-state index >= 15 is 0 Å². The molecule has 0 spiro atoms. The molecule has 1 amide bonds. The van der Waals surface area contributed by atoms with Gasteiger partial charge in [0.25, 0.3) is 5.91 Å². The summed E-state index contributed by atoms with van der Waals surface area (Å²) < 4.78 is 13.2. The van der Waals surface area contributed by atoms with Gasteiger partial charge >= 0.3 is 0 Å². The highest BCUT2D eigenvalue weighted by Crippen LogP contribution is 2.29. The highest BCUT2D eigenvalue weighted by molar-refractivity contribution is 6.44. The Morgan fingerprint density at radius 1 is 1.21 bits per heavy atom. The molecule has 0 radical (unpaired) electrons. The van der Waals surface area contributed by atoms with Crippen LogP contribution in [0.5, 0.6) is 0 Å². The molecule has 0 aliphatic heterocycles. The van der Waals surface area contributed by atoms with Crippen LogP contribution in [0.15, 0.2) is 36.4 Å². The molecule has 0 aliphatic carbocycles. The number of nitrogen functional groups attached to an aromatic ring is 1. The molecule has 2 aromatic carbocycles. The van der Waals surface area contributed by atoms with E-state index in [-0.39, 0.29) is 16.3 Å². The number of carbonyl (C=O) groups is 1. The summed E-state index contributed by atoms with van der Waals surface area (Å²) in [6.45, 7) is 0. The molecule has 6 heteroatoms. The number of halogens is 3. The topological polar surface area (TPSA) is 55.1 Å². The minimum atomic E-state index is -0.581. The average molecular weight is 299 g/mol. The predicted molar refractivity (Wildman–Crippen MR) is 75.2 cm³/mol. The summed E-state index contributed by atoms with van der Waals surface area (Å²) in [6.07, 6.45) is 0. The van der Waals surface area contributed by atoms with Crippen molar-refractivity contribution in [3.63, 3.8) is 0 Å². The van der Waals surface area contributed by atoms with Crippen molar-refractivity contribution in [3.05, 3.63) is 57.8 Å².